The maximum Gasteiger partial charge on any atom is 0.0189 e. The van der Waals surface area contributed by atoms with E-state index in [-0.39, 0.29) is 26.8 Å². The molecule has 0 bridgehead atoms. The van der Waals surface area contributed by atoms with Gasteiger partial charge in [0.25, 0.3) is 0 Å². The van der Waals surface area contributed by atoms with E-state index in [0.717, 1.165) is 33.3 Å². The minimum Gasteiger partial charge on any atom is -0.872 e. The molecule has 0 amide bonds. The molecule has 35 heavy (non-hydrogen) atoms. The third-order valence-corrected chi connectivity index (χ3v) is 5.61. The van der Waals surface area contributed by atoms with Crippen LogP contribution < -0.4 is 5.11 Å². The SMILES string of the molecule is Cc1cc(-c2nccc3ccccc23)[c-]c(-c2nccc3ccccc23)c1.[O-]c1ccccc1.[Pt]. The molecule has 0 saturated carbocycles. The fourth-order valence-electron chi connectivity index (χ4n) is 4.06. The molecule has 6 rings (SSSR count). The van der Waals surface area contributed by atoms with Crippen LogP contribution in [0.25, 0.3) is 44.1 Å². The van der Waals surface area contributed by atoms with Crippen molar-refractivity contribution in [2.75, 3.05) is 0 Å². The van der Waals surface area contributed by atoms with E-state index >= 15 is 0 Å². The Bertz CT molecular complexity index is 1470. The molecule has 0 aliphatic rings. The van der Waals surface area contributed by atoms with E-state index in [2.05, 4.69) is 83.6 Å². The Kier molecular flexibility index (Phi) is 7.70. The summed E-state index contributed by atoms with van der Waals surface area (Å²) in [5, 5.41) is 14.9. The molecule has 4 aromatic carbocycles. The van der Waals surface area contributed by atoms with Crippen molar-refractivity contribution in [1.29, 1.82) is 0 Å². The second kappa shape index (κ2) is 11.1. The summed E-state index contributed by atoms with van der Waals surface area (Å²) < 4.78 is 0. The van der Waals surface area contributed by atoms with Crippen LogP contribution >= 0.6 is 0 Å². The molecular formula is C31H22N2OPt-2. The van der Waals surface area contributed by atoms with Gasteiger partial charge in [-0.15, -0.1) is 29.5 Å². The average Bonchev–Trinajstić information content (AvgIpc) is 2.88. The molecule has 2 aromatic heterocycles. The number of nitrogens with zero attached hydrogens (tertiary/aromatic N) is 2. The standard InChI is InChI=1S/C25H17N2.C6H6O.Pt/c1-17-14-20(24-22-8-4-2-6-18(22)10-12-26-24)16-21(15-17)25-23-9-5-3-7-19(23)11-13-27-25;7-6-4-2-1-3-5-6;/h2-15H,1H3;1-5,7H;/q-1;;/p-1. The van der Waals surface area contributed by atoms with Crippen molar-refractivity contribution in [2.45, 2.75) is 6.92 Å². The minimum atomic E-state index is 0. The number of para-hydroxylation sites is 1. The van der Waals surface area contributed by atoms with Crippen molar-refractivity contribution in [3.8, 4) is 28.3 Å². The Morgan fingerprint density at radius 2 is 1.06 bits per heavy atom. The van der Waals surface area contributed by atoms with Gasteiger partial charge in [0.2, 0.25) is 0 Å². The molecule has 174 valence electrons. The Morgan fingerprint density at radius 3 is 1.51 bits per heavy atom. The van der Waals surface area contributed by atoms with Gasteiger partial charge in [-0.3, -0.25) is 9.97 Å². The first-order valence-electron chi connectivity index (χ1n) is 11.1. The van der Waals surface area contributed by atoms with Gasteiger partial charge in [-0.25, -0.2) is 0 Å². The van der Waals surface area contributed by atoms with Crippen LogP contribution in [-0.4, -0.2) is 9.97 Å². The zero-order valence-corrected chi connectivity index (χ0v) is 21.4. The number of rotatable bonds is 2. The zero-order chi connectivity index (χ0) is 23.3. The van der Waals surface area contributed by atoms with E-state index in [4.69, 9.17) is 0 Å². The molecule has 2 heterocycles. The van der Waals surface area contributed by atoms with E-state index < -0.39 is 0 Å². The molecule has 3 nitrogen and oxygen atoms in total. The summed E-state index contributed by atoms with van der Waals surface area (Å²) in [6.45, 7) is 2.11. The summed E-state index contributed by atoms with van der Waals surface area (Å²) >= 11 is 0. The van der Waals surface area contributed by atoms with Crippen LogP contribution in [0.1, 0.15) is 5.56 Å². The Labute approximate surface area is 219 Å². The van der Waals surface area contributed by atoms with Gasteiger partial charge >= 0.3 is 0 Å². The Balaban J connectivity index is 0.000000313. The van der Waals surface area contributed by atoms with Gasteiger partial charge < -0.3 is 5.11 Å². The number of hydrogen-bond acceptors (Lipinski definition) is 3. The number of fused-ring (bicyclic) bond motifs is 2. The fourth-order valence-corrected chi connectivity index (χ4v) is 4.06. The van der Waals surface area contributed by atoms with Crippen LogP contribution in [0.15, 0.2) is 116 Å². The normalized spacial score (nSPS) is 10.3. The van der Waals surface area contributed by atoms with Crippen molar-refractivity contribution >= 4 is 21.5 Å². The predicted molar refractivity (Wildman–Crippen MR) is 137 cm³/mol. The van der Waals surface area contributed by atoms with Gasteiger partial charge in [0.05, 0.1) is 0 Å². The van der Waals surface area contributed by atoms with Crippen LogP contribution in [0.2, 0.25) is 0 Å². The van der Waals surface area contributed by atoms with Crippen molar-refractivity contribution < 1.29 is 26.2 Å². The fraction of sp³-hybridized carbons (Fsp3) is 0.0323. The zero-order valence-electron chi connectivity index (χ0n) is 19.1. The first kappa shape index (κ1) is 24.3. The van der Waals surface area contributed by atoms with Crippen LogP contribution in [0, 0.1) is 13.0 Å². The molecule has 0 unspecified atom stereocenters. The Morgan fingerprint density at radius 1 is 0.600 bits per heavy atom. The van der Waals surface area contributed by atoms with Gasteiger partial charge in [0.1, 0.15) is 0 Å². The quantitative estimate of drug-likeness (QED) is 0.193. The molecular weight excluding hydrogens is 611 g/mol. The first-order valence-corrected chi connectivity index (χ1v) is 11.1. The van der Waals surface area contributed by atoms with E-state index in [0.29, 0.717) is 0 Å². The van der Waals surface area contributed by atoms with Gasteiger partial charge in [-0.1, -0.05) is 96.9 Å². The van der Waals surface area contributed by atoms with Crippen LogP contribution in [-0.2, 0) is 21.1 Å². The third kappa shape index (κ3) is 5.48. The summed E-state index contributed by atoms with van der Waals surface area (Å²) in [5.74, 6) is 0.0718. The molecule has 0 spiro atoms. The smallest absolute Gasteiger partial charge is 0.0189 e. The molecule has 0 atom stereocenters. The van der Waals surface area contributed by atoms with E-state index in [9.17, 15) is 5.11 Å². The van der Waals surface area contributed by atoms with Crippen molar-refractivity contribution in [2.24, 2.45) is 0 Å². The Hall–Kier alpha value is -3.81. The van der Waals surface area contributed by atoms with Gasteiger partial charge in [0, 0.05) is 44.8 Å². The molecule has 0 saturated heterocycles. The van der Waals surface area contributed by atoms with Crippen LogP contribution in [0.3, 0.4) is 0 Å². The molecule has 0 fully saturated rings. The third-order valence-electron chi connectivity index (χ3n) is 5.61. The maximum absolute atomic E-state index is 10.3. The minimum absolute atomic E-state index is 0. The summed E-state index contributed by atoms with van der Waals surface area (Å²) in [6, 6.07) is 36.9. The molecule has 6 aromatic rings. The topological polar surface area (TPSA) is 48.8 Å². The van der Waals surface area contributed by atoms with Crippen molar-refractivity contribution in [1.82, 2.24) is 9.97 Å². The number of aromatic nitrogens is 2. The van der Waals surface area contributed by atoms with Gasteiger partial charge in [0.15, 0.2) is 0 Å². The molecule has 0 aliphatic carbocycles. The monoisotopic (exact) mass is 633 g/mol. The summed E-state index contributed by atoms with van der Waals surface area (Å²) in [4.78, 5) is 9.33. The summed E-state index contributed by atoms with van der Waals surface area (Å²) in [6.07, 6.45) is 3.73. The van der Waals surface area contributed by atoms with E-state index in [1.54, 1.807) is 12.1 Å². The number of benzene rings is 4. The predicted octanol–water partition coefficient (Wildman–Crippen LogP) is 6.98. The summed E-state index contributed by atoms with van der Waals surface area (Å²) in [7, 11) is 0. The summed E-state index contributed by atoms with van der Waals surface area (Å²) in [5.41, 5.74) is 5.08. The number of pyridine rings is 2. The van der Waals surface area contributed by atoms with Crippen LogP contribution in [0.5, 0.6) is 5.75 Å². The molecule has 0 radical (unpaired) electrons. The molecule has 0 aliphatic heterocycles. The van der Waals surface area contributed by atoms with E-state index in [1.165, 1.54) is 28.5 Å². The molecule has 4 heteroatoms. The van der Waals surface area contributed by atoms with Crippen molar-refractivity contribution in [3.63, 3.8) is 0 Å². The van der Waals surface area contributed by atoms with Crippen LogP contribution in [0.4, 0.5) is 0 Å². The van der Waals surface area contributed by atoms with Gasteiger partial charge in [-0.2, -0.15) is 0 Å². The van der Waals surface area contributed by atoms with Crippen molar-refractivity contribution in [3.05, 3.63) is 127 Å². The van der Waals surface area contributed by atoms with E-state index in [1.807, 2.05) is 30.6 Å². The number of hydrogen-bond donors (Lipinski definition) is 0. The first-order chi connectivity index (χ1) is 16.7. The second-order valence-corrected chi connectivity index (χ2v) is 8.06. The number of aryl methyl sites for hydroxylation is 1. The van der Waals surface area contributed by atoms with Gasteiger partial charge in [-0.05, 0) is 33.7 Å². The largest absolute Gasteiger partial charge is 0.872 e. The molecule has 0 N–H and O–H groups in total. The second-order valence-electron chi connectivity index (χ2n) is 8.06. The maximum atomic E-state index is 10.3. The average molecular weight is 634 g/mol.